The van der Waals surface area contributed by atoms with Crippen molar-refractivity contribution in [3.63, 3.8) is 0 Å². The Morgan fingerprint density at radius 3 is 1.52 bits per heavy atom. The molecule has 0 spiro atoms. The van der Waals surface area contributed by atoms with Gasteiger partial charge in [0.15, 0.2) is 5.78 Å². The molecule has 4 heteroatoms. The number of ketones is 1. The molecule has 0 heterocycles. The molecular weight excluding hydrogens is 316 g/mol. The van der Waals surface area contributed by atoms with Crippen LogP contribution >= 0.6 is 0 Å². The second-order valence-corrected chi connectivity index (χ2v) is 6.17. The highest BCUT2D eigenvalue weighted by atomic mass is 16.5. The molecule has 0 amide bonds. The van der Waals surface area contributed by atoms with Gasteiger partial charge in [-0.1, -0.05) is 0 Å². The minimum absolute atomic E-state index is 0.0442. The lowest BCUT2D eigenvalue weighted by atomic mass is 9.95. The van der Waals surface area contributed by atoms with Gasteiger partial charge in [-0.25, -0.2) is 0 Å². The lowest BCUT2D eigenvalue weighted by Gasteiger charge is -2.13. The molecule has 0 aliphatic heterocycles. The van der Waals surface area contributed by atoms with Gasteiger partial charge in [-0.3, -0.25) is 4.79 Å². The van der Waals surface area contributed by atoms with Crippen LogP contribution < -0.4 is 9.47 Å². The minimum Gasteiger partial charge on any atom is -0.507 e. The fourth-order valence-corrected chi connectivity index (χ4v) is 3.14. The van der Waals surface area contributed by atoms with Crippen molar-refractivity contribution in [2.75, 3.05) is 14.2 Å². The Kier molecular flexibility index (Phi) is 5.52. The van der Waals surface area contributed by atoms with E-state index in [1.165, 1.54) is 6.08 Å². The Hall–Kier alpha value is -2.75. The fraction of sp³-hybridized carbons (Fsp3) is 0.286. The Balaban J connectivity index is 2.46. The smallest absolute Gasteiger partial charge is 0.190 e. The summed E-state index contributed by atoms with van der Waals surface area (Å²) in [5.41, 5.74) is 4.56. The Bertz CT molecular complexity index is 801. The molecule has 132 valence electrons. The lowest BCUT2D eigenvalue weighted by Crippen LogP contribution is -2.04. The summed E-state index contributed by atoms with van der Waals surface area (Å²) in [6, 6.07) is 7.30. The molecule has 0 atom stereocenters. The van der Waals surface area contributed by atoms with Crippen LogP contribution in [0.25, 0.3) is 5.76 Å². The van der Waals surface area contributed by atoms with Crippen LogP contribution in [0.5, 0.6) is 11.5 Å². The number of aryl methyl sites for hydroxylation is 4. The van der Waals surface area contributed by atoms with E-state index in [9.17, 15) is 9.90 Å². The van der Waals surface area contributed by atoms with Crippen molar-refractivity contribution in [2.24, 2.45) is 0 Å². The van der Waals surface area contributed by atoms with E-state index < -0.39 is 0 Å². The van der Waals surface area contributed by atoms with Crippen LogP contribution in [0.1, 0.15) is 38.2 Å². The topological polar surface area (TPSA) is 55.8 Å². The summed E-state index contributed by atoms with van der Waals surface area (Å²) in [6.45, 7) is 7.47. The zero-order valence-corrected chi connectivity index (χ0v) is 15.6. The number of rotatable bonds is 5. The van der Waals surface area contributed by atoms with Gasteiger partial charge in [-0.2, -0.15) is 0 Å². The quantitative estimate of drug-likeness (QED) is 0.486. The molecule has 2 aromatic carbocycles. The van der Waals surface area contributed by atoms with Crippen LogP contribution in [0.15, 0.2) is 30.3 Å². The van der Waals surface area contributed by atoms with Crippen molar-refractivity contribution in [1.82, 2.24) is 0 Å². The van der Waals surface area contributed by atoms with Crippen LogP contribution in [0.4, 0.5) is 0 Å². The first-order valence-electron chi connectivity index (χ1n) is 8.04. The number of hydrogen-bond acceptors (Lipinski definition) is 4. The molecule has 2 aromatic rings. The van der Waals surface area contributed by atoms with Gasteiger partial charge < -0.3 is 14.6 Å². The van der Waals surface area contributed by atoms with E-state index >= 15 is 0 Å². The second-order valence-electron chi connectivity index (χ2n) is 6.17. The predicted molar refractivity (Wildman–Crippen MR) is 99.9 cm³/mol. The molecule has 4 nitrogen and oxygen atoms in total. The van der Waals surface area contributed by atoms with Crippen molar-refractivity contribution in [1.29, 1.82) is 0 Å². The van der Waals surface area contributed by atoms with Crippen molar-refractivity contribution in [3.05, 3.63) is 63.7 Å². The molecule has 0 aliphatic rings. The summed E-state index contributed by atoms with van der Waals surface area (Å²) in [5.74, 6) is 1.16. The summed E-state index contributed by atoms with van der Waals surface area (Å²) in [5, 5.41) is 10.5. The Morgan fingerprint density at radius 2 is 1.16 bits per heavy atom. The molecule has 0 aromatic heterocycles. The maximum absolute atomic E-state index is 12.7. The molecule has 0 unspecified atom stereocenters. The largest absolute Gasteiger partial charge is 0.507 e. The predicted octanol–water partition coefficient (Wildman–Crippen LogP) is 4.72. The molecule has 0 saturated carbocycles. The summed E-state index contributed by atoms with van der Waals surface area (Å²) in [4.78, 5) is 12.7. The van der Waals surface area contributed by atoms with Crippen molar-refractivity contribution in [3.8, 4) is 11.5 Å². The molecule has 0 aliphatic carbocycles. The third-order valence-corrected chi connectivity index (χ3v) is 4.25. The van der Waals surface area contributed by atoms with Gasteiger partial charge in [0, 0.05) is 17.2 Å². The van der Waals surface area contributed by atoms with Crippen molar-refractivity contribution in [2.45, 2.75) is 27.7 Å². The highest BCUT2D eigenvalue weighted by Crippen LogP contribution is 2.28. The summed E-state index contributed by atoms with van der Waals surface area (Å²) >= 11 is 0. The van der Waals surface area contributed by atoms with Gasteiger partial charge in [0.2, 0.25) is 0 Å². The summed E-state index contributed by atoms with van der Waals surface area (Å²) < 4.78 is 10.5. The molecule has 1 N–H and O–H groups in total. The number of aliphatic hydroxyl groups excluding tert-OH is 1. The number of allylic oxidation sites excluding steroid dienone is 1. The molecule has 0 bridgehead atoms. The minimum atomic E-state index is -0.232. The Labute approximate surface area is 148 Å². The molecule has 0 radical (unpaired) electrons. The standard InChI is InChI=1S/C21H24O4/c1-12-7-16(24-5)8-13(2)20(12)18(22)11-19(23)21-14(3)9-17(25-6)10-15(21)4/h7-11,22H,1-6H3/b18-11-. The number of methoxy groups -OCH3 is 2. The molecule has 0 saturated heterocycles. The first-order valence-corrected chi connectivity index (χ1v) is 8.04. The molecule has 0 fully saturated rings. The number of hydrogen-bond donors (Lipinski definition) is 1. The normalized spacial score (nSPS) is 11.4. The zero-order chi connectivity index (χ0) is 18.7. The third-order valence-electron chi connectivity index (χ3n) is 4.25. The number of benzene rings is 2. The fourth-order valence-electron chi connectivity index (χ4n) is 3.14. The average molecular weight is 340 g/mol. The van der Waals surface area contributed by atoms with Gasteiger partial charge in [0.25, 0.3) is 0 Å². The van der Waals surface area contributed by atoms with Crippen molar-refractivity contribution >= 4 is 11.5 Å². The highest BCUT2D eigenvalue weighted by Gasteiger charge is 2.16. The highest BCUT2D eigenvalue weighted by molar-refractivity contribution is 6.09. The molecule has 2 rings (SSSR count). The number of carbonyl (C=O) groups is 1. The second kappa shape index (κ2) is 7.43. The summed E-state index contributed by atoms with van der Waals surface area (Å²) in [7, 11) is 3.19. The van der Waals surface area contributed by atoms with Crippen LogP contribution in [0.2, 0.25) is 0 Å². The van der Waals surface area contributed by atoms with E-state index in [0.29, 0.717) is 16.9 Å². The van der Waals surface area contributed by atoms with E-state index in [4.69, 9.17) is 9.47 Å². The van der Waals surface area contributed by atoms with Crippen LogP contribution in [0.3, 0.4) is 0 Å². The van der Waals surface area contributed by atoms with E-state index in [1.54, 1.807) is 14.2 Å². The maximum Gasteiger partial charge on any atom is 0.190 e. The maximum atomic E-state index is 12.7. The number of ether oxygens (including phenoxy) is 2. The van der Waals surface area contributed by atoms with Gasteiger partial charge in [0.05, 0.1) is 14.2 Å². The first-order chi connectivity index (χ1) is 11.8. The number of aliphatic hydroxyl groups is 1. The van der Waals surface area contributed by atoms with E-state index in [2.05, 4.69) is 0 Å². The summed E-state index contributed by atoms with van der Waals surface area (Å²) in [6.07, 6.45) is 1.28. The zero-order valence-electron chi connectivity index (χ0n) is 15.6. The van der Waals surface area contributed by atoms with E-state index in [0.717, 1.165) is 28.0 Å². The monoisotopic (exact) mass is 340 g/mol. The van der Waals surface area contributed by atoms with Crippen LogP contribution in [-0.2, 0) is 0 Å². The molecule has 25 heavy (non-hydrogen) atoms. The van der Waals surface area contributed by atoms with Gasteiger partial charge in [-0.05, 0) is 74.2 Å². The lowest BCUT2D eigenvalue weighted by molar-refractivity contribution is 0.104. The SMILES string of the molecule is COc1cc(C)c(C(=O)/C=C(\O)c2c(C)cc(OC)cc2C)c(C)c1. The van der Waals surface area contributed by atoms with Crippen LogP contribution in [-0.4, -0.2) is 25.1 Å². The number of carbonyl (C=O) groups excluding carboxylic acids is 1. The van der Waals surface area contributed by atoms with Crippen LogP contribution in [0, 0.1) is 27.7 Å². The third kappa shape index (κ3) is 3.85. The Morgan fingerprint density at radius 1 is 0.800 bits per heavy atom. The molecular formula is C21H24O4. The first kappa shape index (κ1) is 18.6. The van der Waals surface area contributed by atoms with Gasteiger partial charge in [0.1, 0.15) is 17.3 Å². The van der Waals surface area contributed by atoms with E-state index in [-0.39, 0.29) is 11.5 Å². The average Bonchev–Trinajstić information content (AvgIpc) is 2.52. The van der Waals surface area contributed by atoms with Crippen molar-refractivity contribution < 1.29 is 19.4 Å². The van der Waals surface area contributed by atoms with Gasteiger partial charge >= 0.3 is 0 Å². The van der Waals surface area contributed by atoms with Gasteiger partial charge in [-0.15, -0.1) is 0 Å². The van der Waals surface area contributed by atoms with E-state index in [1.807, 2.05) is 52.0 Å².